The van der Waals surface area contributed by atoms with E-state index < -0.39 is 72.9 Å². The highest BCUT2D eigenvalue weighted by molar-refractivity contribution is 6.14. The summed E-state index contributed by atoms with van der Waals surface area (Å²) in [5.41, 5.74) is -0.504. The molecule has 15 heteroatoms. The molecule has 2 aliphatic rings. The first kappa shape index (κ1) is 27.7. The summed E-state index contributed by atoms with van der Waals surface area (Å²) < 4.78 is 62.2. The zero-order valence-electron chi connectivity index (χ0n) is 20.1. The Morgan fingerprint density at radius 2 is 1.62 bits per heavy atom. The zero-order valence-corrected chi connectivity index (χ0v) is 20.1. The number of alkyl halides is 3. The van der Waals surface area contributed by atoms with E-state index in [4.69, 9.17) is 18.9 Å². The van der Waals surface area contributed by atoms with Crippen LogP contribution in [0.25, 0.3) is 0 Å². The second-order valence-corrected chi connectivity index (χ2v) is 8.14. The third kappa shape index (κ3) is 6.67. The van der Waals surface area contributed by atoms with E-state index in [1.54, 1.807) is 19.1 Å². The van der Waals surface area contributed by atoms with Crippen LogP contribution >= 0.6 is 0 Å². The van der Waals surface area contributed by atoms with Crippen molar-refractivity contribution in [2.45, 2.75) is 64.5 Å². The summed E-state index contributed by atoms with van der Waals surface area (Å²) >= 11 is 0. The van der Waals surface area contributed by atoms with E-state index in [9.17, 15) is 32.3 Å². The van der Waals surface area contributed by atoms with Crippen molar-refractivity contribution in [3.63, 3.8) is 0 Å². The first-order valence-corrected chi connectivity index (χ1v) is 10.9. The van der Waals surface area contributed by atoms with Crippen LogP contribution < -0.4 is 0 Å². The van der Waals surface area contributed by atoms with Gasteiger partial charge in [0.1, 0.15) is 12.7 Å². The number of rotatable bonds is 7. The van der Waals surface area contributed by atoms with E-state index in [1.165, 1.54) is 12.1 Å². The maximum absolute atomic E-state index is 13.8. The van der Waals surface area contributed by atoms with Crippen LogP contribution in [0, 0.1) is 6.92 Å². The molecule has 1 fully saturated rings. The minimum Gasteiger partial charge on any atom is -0.463 e. The topological polar surface area (TPSA) is 146 Å². The van der Waals surface area contributed by atoms with Crippen LogP contribution in [-0.4, -0.2) is 77.9 Å². The smallest absolute Gasteiger partial charge is 0.433 e. The SMILES string of the molecule is CC(=O)OC[C@H]1O[C@H](N2N=C(C(F)(F)F)[C@@H](N=Nc3ccc(C)cc3)C2=O)[C@H](OC(C)=O)[C@@H]1OC(C)=O. The van der Waals surface area contributed by atoms with Gasteiger partial charge in [-0.3, -0.25) is 19.2 Å². The van der Waals surface area contributed by atoms with Crippen molar-refractivity contribution >= 4 is 35.2 Å². The van der Waals surface area contributed by atoms with Crippen molar-refractivity contribution in [3.05, 3.63) is 29.8 Å². The highest BCUT2D eigenvalue weighted by Crippen LogP contribution is 2.35. The molecule has 12 nitrogen and oxygen atoms in total. The lowest BCUT2D eigenvalue weighted by Crippen LogP contribution is -2.47. The Kier molecular flexibility index (Phi) is 8.25. The third-order valence-corrected chi connectivity index (χ3v) is 5.13. The fourth-order valence-electron chi connectivity index (χ4n) is 3.59. The number of amides is 1. The van der Waals surface area contributed by atoms with Gasteiger partial charge >= 0.3 is 24.1 Å². The van der Waals surface area contributed by atoms with E-state index in [2.05, 4.69) is 15.3 Å². The Labute approximate surface area is 208 Å². The van der Waals surface area contributed by atoms with E-state index in [0.717, 1.165) is 26.3 Å². The normalized spacial score (nSPS) is 25.8. The number of esters is 3. The number of ether oxygens (including phenoxy) is 4. The molecule has 1 saturated heterocycles. The minimum atomic E-state index is -5.08. The second-order valence-electron chi connectivity index (χ2n) is 8.14. The zero-order chi connectivity index (χ0) is 27.5. The van der Waals surface area contributed by atoms with Crippen molar-refractivity contribution < 1.29 is 51.3 Å². The number of hydrogen-bond acceptors (Lipinski definition) is 11. The molecular weight excluding hydrogens is 505 g/mol. The molecule has 2 aliphatic heterocycles. The van der Waals surface area contributed by atoms with Gasteiger partial charge in [-0.1, -0.05) is 17.7 Å². The minimum absolute atomic E-state index is 0.199. The molecule has 2 heterocycles. The molecule has 37 heavy (non-hydrogen) atoms. The number of hydrazone groups is 1. The number of aryl methyl sites for hydroxylation is 1. The largest absolute Gasteiger partial charge is 0.463 e. The molecule has 0 N–H and O–H groups in total. The molecule has 0 bridgehead atoms. The fourth-order valence-corrected chi connectivity index (χ4v) is 3.59. The Hall–Kier alpha value is -3.88. The highest BCUT2D eigenvalue weighted by atomic mass is 19.4. The van der Waals surface area contributed by atoms with Gasteiger partial charge in [0.05, 0.1) is 5.69 Å². The van der Waals surface area contributed by atoms with Crippen LogP contribution in [0.5, 0.6) is 0 Å². The first-order valence-electron chi connectivity index (χ1n) is 10.9. The molecule has 1 aromatic carbocycles. The van der Waals surface area contributed by atoms with Gasteiger partial charge in [0.25, 0.3) is 5.91 Å². The number of carbonyl (C=O) groups excluding carboxylic acids is 4. The number of hydrogen-bond donors (Lipinski definition) is 0. The van der Waals surface area contributed by atoms with Gasteiger partial charge < -0.3 is 18.9 Å². The van der Waals surface area contributed by atoms with Crippen molar-refractivity contribution in [1.82, 2.24) is 5.01 Å². The van der Waals surface area contributed by atoms with Gasteiger partial charge in [-0.25, -0.2) is 0 Å². The summed E-state index contributed by atoms with van der Waals surface area (Å²) in [6.45, 7) is 4.40. The van der Waals surface area contributed by atoms with Crippen LogP contribution in [0.4, 0.5) is 18.9 Å². The van der Waals surface area contributed by atoms with E-state index in [0.29, 0.717) is 5.01 Å². The van der Waals surface area contributed by atoms with E-state index >= 15 is 0 Å². The van der Waals surface area contributed by atoms with Crippen molar-refractivity contribution in [1.29, 1.82) is 0 Å². The van der Waals surface area contributed by atoms with Gasteiger partial charge in [0.2, 0.25) is 6.04 Å². The molecule has 3 rings (SSSR count). The Balaban J connectivity index is 1.97. The van der Waals surface area contributed by atoms with Crippen molar-refractivity contribution in [3.8, 4) is 0 Å². The Morgan fingerprint density at radius 1 is 1.03 bits per heavy atom. The first-order chi connectivity index (χ1) is 17.3. The van der Waals surface area contributed by atoms with E-state index in [1.807, 2.05) is 0 Å². The van der Waals surface area contributed by atoms with Gasteiger partial charge in [0.15, 0.2) is 24.1 Å². The predicted molar refractivity (Wildman–Crippen MR) is 116 cm³/mol. The molecule has 0 unspecified atom stereocenters. The lowest BCUT2D eigenvalue weighted by atomic mass is 10.1. The molecule has 0 radical (unpaired) electrons. The molecule has 1 aromatic rings. The number of halogens is 3. The summed E-state index contributed by atoms with van der Waals surface area (Å²) in [5, 5.41) is 11.0. The molecule has 0 spiro atoms. The predicted octanol–water partition coefficient (Wildman–Crippen LogP) is 2.36. The Morgan fingerprint density at radius 3 is 2.16 bits per heavy atom. The number of nitrogens with zero attached hydrogens (tertiary/aromatic N) is 4. The molecular formula is C22H23F3N4O8. The van der Waals surface area contributed by atoms with Gasteiger partial charge in [-0.2, -0.15) is 33.5 Å². The van der Waals surface area contributed by atoms with Gasteiger partial charge in [-0.05, 0) is 19.1 Å². The van der Waals surface area contributed by atoms with Crippen LogP contribution in [-0.2, 0) is 38.1 Å². The van der Waals surface area contributed by atoms with Crippen LogP contribution in [0.2, 0.25) is 0 Å². The maximum atomic E-state index is 13.8. The van der Waals surface area contributed by atoms with Crippen LogP contribution in [0.15, 0.2) is 39.6 Å². The van der Waals surface area contributed by atoms with Crippen LogP contribution in [0.1, 0.15) is 26.3 Å². The third-order valence-electron chi connectivity index (χ3n) is 5.13. The standard InChI is InChI=1S/C22H23F3N4O8/c1-10-5-7-14(8-6-10)26-27-16-19(22(23,24)25)28-29(20(16)33)21-18(36-13(4)32)17(35-12(3)31)15(37-21)9-34-11(2)30/h5-8,15-18,21H,9H2,1-4H3/t15-,16-,17-,18-,21+/m1/s1. The quantitative estimate of drug-likeness (QED) is 0.298. The lowest BCUT2D eigenvalue weighted by Gasteiger charge is -2.26. The molecule has 0 aromatic heterocycles. The fraction of sp³-hybridized carbons (Fsp3) is 0.500. The van der Waals surface area contributed by atoms with Gasteiger partial charge in [0, 0.05) is 20.8 Å². The van der Waals surface area contributed by atoms with E-state index in [-0.39, 0.29) is 5.69 Å². The molecule has 0 saturated carbocycles. The summed E-state index contributed by atoms with van der Waals surface area (Å²) in [5.74, 6) is -3.77. The summed E-state index contributed by atoms with van der Waals surface area (Å²) in [6, 6.07) is 4.14. The number of azo groups is 1. The average molecular weight is 528 g/mol. The summed E-state index contributed by atoms with van der Waals surface area (Å²) in [4.78, 5) is 47.8. The summed E-state index contributed by atoms with van der Waals surface area (Å²) in [6.07, 6.45) is -11.2. The van der Waals surface area contributed by atoms with Crippen molar-refractivity contribution in [2.24, 2.45) is 15.3 Å². The second kappa shape index (κ2) is 11.0. The van der Waals surface area contributed by atoms with Crippen molar-refractivity contribution in [2.75, 3.05) is 6.61 Å². The van der Waals surface area contributed by atoms with Gasteiger partial charge in [-0.15, -0.1) is 0 Å². The Bertz CT molecular complexity index is 1120. The number of benzene rings is 1. The molecule has 200 valence electrons. The summed E-state index contributed by atoms with van der Waals surface area (Å²) in [7, 11) is 0. The molecule has 1 amide bonds. The molecule has 5 atom stereocenters. The maximum Gasteiger partial charge on any atom is 0.433 e. The highest BCUT2D eigenvalue weighted by Gasteiger charge is 2.58. The van der Waals surface area contributed by atoms with Crippen LogP contribution in [0.3, 0.4) is 0 Å². The molecule has 0 aliphatic carbocycles. The average Bonchev–Trinajstić information content (AvgIpc) is 3.28. The monoisotopic (exact) mass is 528 g/mol. The number of carbonyl (C=O) groups is 4. The lowest BCUT2D eigenvalue weighted by molar-refractivity contribution is -0.170.